The second kappa shape index (κ2) is 6.68. The summed E-state index contributed by atoms with van der Waals surface area (Å²) in [5, 5.41) is 3.13. The standard InChI is InChI=1S/C17H21FN2O/c1-4-9-19-11-17(21)16-10-12(2)20(13(16)3)15-7-5-14(18)6-8-15/h5-8,10,19H,4,9,11H2,1-3H3. The minimum absolute atomic E-state index is 0.0879. The van der Waals surface area contributed by atoms with Crippen molar-refractivity contribution in [2.24, 2.45) is 0 Å². The Balaban J connectivity index is 2.29. The molecule has 2 rings (SSSR count). The zero-order valence-electron chi connectivity index (χ0n) is 12.7. The Bertz CT molecular complexity index is 629. The zero-order chi connectivity index (χ0) is 15.4. The molecule has 0 spiro atoms. The minimum atomic E-state index is -0.263. The molecule has 4 heteroatoms. The van der Waals surface area contributed by atoms with E-state index in [1.165, 1.54) is 12.1 Å². The molecule has 0 atom stereocenters. The van der Waals surface area contributed by atoms with E-state index in [0.29, 0.717) is 6.54 Å². The van der Waals surface area contributed by atoms with Crippen molar-refractivity contribution < 1.29 is 9.18 Å². The van der Waals surface area contributed by atoms with Crippen molar-refractivity contribution in [3.8, 4) is 5.69 Å². The number of carbonyl (C=O) groups excluding carboxylic acids is 1. The van der Waals surface area contributed by atoms with Gasteiger partial charge in [-0.15, -0.1) is 0 Å². The van der Waals surface area contributed by atoms with E-state index < -0.39 is 0 Å². The van der Waals surface area contributed by atoms with Crippen LogP contribution >= 0.6 is 0 Å². The Morgan fingerprint density at radius 2 is 1.90 bits per heavy atom. The van der Waals surface area contributed by atoms with Gasteiger partial charge >= 0.3 is 0 Å². The number of halogens is 1. The molecule has 1 heterocycles. The molecule has 112 valence electrons. The predicted molar refractivity (Wildman–Crippen MR) is 82.7 cm³/mol. The fraction of sp³-hybridized carbons (Fsp3) is 0.353. The highest BCUT2D eigenvalue weighted by molar-refractivity contribution is 5.99. The van der Waals surface area contributed by atoms with E-state index in [1.54, 1.807) is 12.1 Å². The third-order valence-corrected chi connectivity index (χ3v) is 3.53. The molecule has 0 saturated carbocycles. The number of Topliss-reactive ketones (excluding diaryl/α,β-unsaturated/α-hetero) is 1. The van der Waals surface area contributed by atoms with Gasteiger partial charge in [-0.3, -0.25) is 4.79 Å². The van der Waals surface area contributed by atoms with Gasteiger partial charge in [0.2, 0.25) is 0 Å². The van der Waals surface area contributed by atoms with E-state index in [1.807, 2.05) is 24.5 Å². The summed E-state index contributed by atoms with van der Waals surface area (Å²) in [6.07, 6.45) is 1.00. The number of nitrogens with one attached hydrogen (secondary N) is 1. The number of aromatic nitrogens is 1. The number of rotatable bonds is 6. The Morgan fingerprint density at radius 3 is 2.52 bits per heavy atom. The van der Waals surface area contributed by atoms with Gasteiger partial charge in [-0.2, -0.15) is 0 Å². The monoisotopic (exact) mass is 288 g/mol. The third kappa shape index (κ3) is 3.39. The van der Waals surface area contributed by atoms with Gasteiger partial charge in [-0.1, -0.05) is 6.92 Å². The van der Waals surface area contributed by atoms with E-state index in [-0.39, 0.29) is 11.6 Å². The molecule has 0 aliphatic heterocycles. The van der Waals surface area contributed by atoms with E-state index in [9.17, 15) is 9.18 Å². The number of aryl methyl sites for hydroxylation is 1. The Hall–Kier alpha value is -1.94. The van der Waals surface area contributed by atoms with E-state index in [2.05, 4.69) is 12.2 Å². The van der Waals surface area contributed by atoms with Gasteiger partial charge in [0.15, 0.2) is 5.78 Å². The SMILES string of the molecule is CCCNCC(=O)c1cc(C)n(-c2ccc(F)cc2)c1C. The van der Waals surface area contributed by atoms with Crippen LogP contribution in [0.1, 0.15) is 35.1 Å². The first-order valence-corrected chi connectivity index (χ1v) is 7.23. The first-order chi connectivity index (χ1) is 10.0. The van der Waals surface area contributed by atoms with Crippen molar-refractivity contribution in [1.29, 1.82) is 0 Å². The summed E-state index contributed by atoms with van der Waals surface area (Å²) in [5.41, 5.74) is 3.45. The van der Waals surface area contributed by atoms with Crippen molar-refractivity contribution in [3.05, 3.63) is 53.1 Å². The van der Waals surface area contributed by atoms with Gasteiger partial charge in [0.25, 0.3) is 0 Å². The molecule has 1 aromatic carbocycles. The highest BCUT2D eigenvalue weighted by Crippen LogP contribution is 2.21. The lowest BCUT2D eigenvalue weighted by molar-refractivity contribution is 0.0991. The highest BCUT2D eigenvalue weighted by atomic mass is 19.1. The van der Waals surface area contributed by atoms with Crippen LogP contribution in [-0.4, -0.2) is 23.4 Å². The fourth-order valence-corrected chi connectivity index (χ4v) is 2.51. The van der Waals surface area contributed by atoms with Gasteiger partial charge in [0, 0.05) is 22.6 Å². The predicted octanol–water partition coefficient (Wildman–Crippen LogP) is 3.42. The van der Waals surface area contributed by atoms with Crippen LogP contribution in [0.15, 0.2) is 30.3 Å². The Kier molecular flexibility index (Phi) is 4.91. The van der Waals surface area contributed by atoms with Crippen LogP contribution in [0.2, 0.25) is 0 Å². The summed E-state index contributed by atoms with van der Waals surface area (Å²) in [7, 11) is 0. The lowest BCUT2D eigenvalue weighted by Gasteiger charge is -2.10. The van der Waals surface area contributed by atoms with Gasteiger partial charge in [-0.05, 0) is 57.1 Å². The highest BCUT2D eigenvalue weighted by Gasteiger charge is 2.16. The number of ketones is 1. The molecular formula is C17H21FN2O. The van der Waals surface area contributed by atoms with Crippen LogP contribution in [0.25, 0.3) is 5.69 Å². The van der Waals surface area contributed by atoms with Crippen LogP contribution < -0.4 is 5.32 Å². The average Bonchev–Trinajstić information content (AvgIpc) is 2.76. The molecule has 0 saturated heterocycles. The molecule has 0 amide bonds. The normalized spacial score (nSPS) is 10.9. The van der Waals surface area contributed by atoms with Crippen LogP contribution in [0, 0.1) is 19.7 Å². The molecular weight excluding hydrogens is 267 g/mol. The van der Waals surface area contributed by atoms with Gasteiger partial charge < -0.3 is 9.88 Å². The van der Waals surface area contributed by atoms with E-state index in [4.69, 9.17) is 0 Å². The maximum atomic E-state index is 13.0. The molecule has 1 aromatic heterocycles. The second-order valence-electron chi connectivity index (χ2n) is 5.20. The summed E-state index contributed by atoms with van der Waals surface area (Å²) >= 11 is 0. The molecule has 0 unspecified atom stereocenters. The lowest BCUT2D eigenvalue weighted by Crippen LogP contribution is -2.24. The van der Waals surface area contributed by atoms with Crippen LogP contribution in [-0.2, 0) is 0 Å². The fourth-order valence-electron chi connectivity index (χ4n) is 2.51. The molecule has 1 N–H and O–H groups in total. The van der Waals surface area contributed by atoms with Crippen LogP contribution in [0.3, 0.4) is 0 Å². The lowest BCUT2D eigenvalue weighted by atomic mass is 10.1. The molecule has 0 aliphatic carbocycles. The topological polar surface area (TPSA) is 34.0 Å². The Morgan fingerprint density at radius 1 is 1.24 bits per heavy atom. The van der Waals surface area contributed by atoms with Gasteiger partial charge in [-0.25, -0.2) is 4.39 Å². The maximum absolute atomic E-state index is 13.0. The number of hydrogen-bond donors (Lipinski definition) is 1. The van der Waals surface area contributed by atoms with E-state index >= 15 is 0 Å². The van der Waals surface area contributed by atoms with Crippen LogP contribution in [0.4, 0.5) is 4.39 Å². The Labute approximate surface area is 124 Å². The largest absolute Gasteiger partial charge is 0.318 e. The summed E-state index contributed by atoms with van der Waals surface area (Å²) < 4.78 is 15.0. The number of hydrogen-bond acceptors (Lipinski definition) is 2. The third-order valence-electron chi connectivity index (χ3n) is 3.53. The zero-order valence-corrected chi connectivity index (χ0v) is 12.7. The van der Waals surface area contributed by atoms with Crippen LogP contribution in [0.5, 0.6) is 0 Å². The van der Waals surface area contributed by atoms with Crippen molar-refractivity contribution >= 4 is 5.78 Å². The first-order valence-electron chi connectivity index (χ1n) is 7.23. The summed E-state index contributed by atoms with van der Waals surface area (Å²) in [5.74, 6) is -0.175. The molecule has 0 bridgehead atoms. The second-order valence-corrected chi connectivity index (χ2v) is 5.20. The average molecular weight is 288 g/mol. The quantitative estimate of drug-likeness (QED) is 0.653. The smallest absolute Gasteiger partial charge is 0.178 e. The minimum Gasteiger partial charge on any atom is -0.318 e. The molecule has 0 aliphatic rings. The van der Waals surface area contributed by atoms with Crippen molar-refractivity contribution in [2.45, 2.75) is 27.2 Å². The molecule has 21 heavy (non-hydrogen) atoms. The van der Waals surface area contributed by atoms with Crippen molar-refractivity contribution in [2.75, 3.05) is 13.1 Å². The molecule has 2 aromatic rings. The first kappa shape index (κ1) is 15.4. The molecule has 0 radical (unpaired) electrons. The van der Waals surface area contributed by atoms with Gasteiger partial charge in [0.1, 0.15) is 5.82 Å². The number of carbonyl (C=O) groups is 1. The number of benzene rings is 1. The maximum Gasteiger partial charge on any atom is 0.178 e. The van der Waals surface area contributed by atoms with Crippen molar-refractivity contribution in [1.82, 2.24) is 9.88 Å². The molecule has 0 fully saturated rings. The molecule has 3 nitrogen and oxygen atoms in total. The van der Waals surface area contributed by atoms with Crippen molar-refractivity contribution in [3.63, 3.8) is 0 Å². The van der Waals surface area contributed by atoms with E-state index in [0.717, 1.165) is 35.6 Å². The summed E-state index contributed by atoms with van der Waals surface area (Å²) in [4.78, 5) is 12.3. The summed E-state index contributed by atoms with van der Waals surface area (Å²) in [6, 6.07) is 8.20. The number of nitrogens with zero attached hydrogens (tertiary/aromatic N) is 1. The van der Waals surface area contributed by atoms with Gasteiger partial charge in [0.05, 0.1) is 6.54 Å². The summed E-state index contributed by atoms with van der Waals surface area (Å²) in [6.45, 7) is 7.12.